The van der Waals surface area contributed by atoms with E-state index in [-0.39, 0.29) is 11.2 Å². The van der Waals surface area contributed by atoms with Crippen LogP contribution in [0.4, 0.5) is 0 Å². The quantitative estimate of drug-likeness (QED) is 0.234. The molecule has 0 N–H and O–H groups in total. The highest BCUT2D eigenvalue weighted by atomic mass is 35.5. The SMILES string of the molecule is COC(=O)C(c1ccccc1Cl)N1CCC(SSc2cc(C)oc2C)/C(=C\C=O)C1. The Morgan fingerprint density at radius 1 is 1.37 bits per heavy atom. The maximum Gasteiger partial charge on any atom is 0.327 e. The number of aryl methyl sites for hydroxylation is 2. The first-order valence-electron chi connectivity index (χ1n) is 9.55. The third-order valence-corrected chi connectivity index (χ3v) is 8.32. The fraction of sp³-hybridized carbons (Fsp3) is 0.364. The van der Waals surface area contributed by atoms with Gasteiger partial charge in [0.1, 0.15) is 23.8 Å². The van der Waals surface area contributed by atoms with Crippen LogP contribution in [0, 0.1) is 13.8 Å². The van der Waals surface area contributed by atoms with E-state index in [2.05, 4.69) is 0 Å². The minimum Gasteiger partial charge on any atom is -0.468 e. The van der Waals surface area contributed by atoms with E-state index in [1.807, 2.05) is 43.0 Å². The van der Waals surface area contributed by atoms with Gasteiger partial charge in [0.2, 0.25) is 0 Å². The summed E-state index contributed by atoms with van der Waals surface area (Å²) in [6.07, 6.45) is 3.22. The highest BCUT2D eigenvalue weighted by Gasteiger charge is 2.35. The molecule has 0 radical (unpaired) electrons. The molecule has 0 aliphatic carbocycles. The molecule has 2 unspecified atom stereocenters. The zero-order valence-corrected chi connectivity index (χ0v) is 19.5. The second kappa shape index (κ2) is 10.6. The Kier molecular flexibility index (Phi) is 8.11. The molecule has 2 aromatic rings. The van der Waals surface area contributed by atoms with Gasteiger partial charge in [-0.3, -0.25) is 9.69 Å². The van der Waals surface area contributed by atoms with Crippen LogP contribution in [0.3, 0.4) is 0 Å². The fourth-order valence-corrected chi connectivity index (χ4v) is 6.67. The van der Waals surface area contributed by atoms with Gasteiger partial charge in [-0.1, -0.05) is 51.4 Å². The van der Waals surface area contributed by atoms with E-state index < -0.39 is 6.04 Å². The number of carbonyl (C=O) groups is 2. The van der Waals surface area contributed by atoms with Gasteiger partial charge in [0.15, 0.2) is 0 Å². The molecule has 2 heterocycles. The number of aldehydes is 1. The van der Waals surface area contributed by atoms with Gasteiger partial charge in [-0.05, 0) is 49.6 Å². The minimum atomic E-state index is -0.615. The van der Waals surface area contributed by atoms with Gasteiger partial charge in [0, 0.05) is 23.4 Å². The number of hydrogen-bond acceptors (Lipinski definition) is 7. The molecule has 2 atom stereocenters. The summed E-state index contributed by atoms with van der Waals surface area (Å²) in [5.41, 5.74) is 1.69. The van der Waals surface area contributed by atoms with Crippen molar-refractivity contribution >= 4 is 45.4 Å². The van der Waals surface area contributed by atoms with Crippen molar-refractivity contribution in [2.24, 2.45) is 0 Å². The van der Waals surface area contributed by atoms with E-state index in [0.29, 0.717) is 23.7 Å². The number of ether oxygens (including phenoxy) is 1. The molecule has 1 aromatic heterocycles. The molecule has 30 heavy (non-hydrogen) atoms. The van der Waals surface area contributed by atoms with Crippen LogP contribution in [0.25, 0.3) is 0 Å². The number of benzene rings is 1. The second-order valence-corrected chi connectivity index (χ2v) is 9.88. The number of carbonyl (C=O) groups excluding carboxylic acids is 2. The summed E-state index contributed by atoms with van der Waals surface area (Å²) in [7, 11) is 4.75. The molecule has 1 saturated heterocycles. The number of methoxy groups -OCH3 is 1. The number of hydrogen-bond donors (Lipinski definition) is 0. The van der Waals surface area contributed by atoms with Crippen LogP contribution in [-0.2, 0) is 14.3 Å². The summed E-state index contributed by atoms with van der Waals surface area (Å²) in [4.78, 5) is 27.0. The highest BCUT2D eigenvalue weighted by Crippen LogP contribution is 2.43. The van der Waals surface area contributed by atoms with Crippen LogP contribution < -0.4 is 0 Å². The van der Waals surface area contributed by atoms with E-state index in [1.54, 1.807) is 33.7 Å². The number of esters is 1. The maximum absolute atomic E-state index is 12.6. The molecule has 1 aromatic carbocycles. The summed E-state index contributed by atoms with van der Waals surface area (Å²) in [6.45, 7) is 5.05. The van der Waals surface area contributed by atoms with E-state index in [9.17, 15) is 9.59 Å². The summed E-state index contributed by atoms with van der Waals surface area (Å²) >= 11 is 6.38. The number of likely N-dealkylation sites (tertiary alicyclic amines) is 1. The van der Waals surface area contributed by atoms with E-state index in [1.165, 1.54) is 7.11 Å². The predicted molar refractivity (Wildman–Crippen MR) is 122 cm³/mol. The molecule has 1 aliphatic heterocycles. The Morgan fingerprint density at radius 3 is 2.77 bits per heavy atom. The van der Waals surface area contributed by atoms with Crippen LogP contribution in [0.1, 0.15) is 29.5 Å². The van der Waals surface area contributed by atoms with E-state index in [0.717, 1.165) is 34.7 Å². The largest absolute Gasteiger partial charge is 0.468 e. The summed E-state index contributed by atoms with van der Waals surface area (Å²) in [5.74, 6) is 1.42. The van der Waals surface area contributed by atoms with Gasteiger partial charge in [0.05, 0.1) is 12.0 Å². The molecule has 1 fully saturated rings. The van der Waals surface area contributed by atoms with Crippen molar-refractivity contribution in [1.29, 1.82) is 0 Å². The molecule has 5 nitrogen and oxygen atoms in total. The van der Waals surface area contributed by atoms with E-state index >= 15 is 0 Å². The lowest BCUT2D eigenvalue weighted by molar-refractivity contribution is -0.147. The summed E-state index contributed by atoms with van der Waals surface area (Å²) < 4.78 is 10.7. The smallest absolute Gasteiger partial charge is 0.327 e. The third-order valence-electron chi connectivity index (χ3n) is 5.00. The number of halogens is 1. The standard InChI is InChI=1S/C22H24ClNO4S2/c1-14-12-20(15(2)28-14)30-29-19-8-10-24(13-16(19)9-11-25)21(22(26)27-3)17-6-4-5-7-18(17)23/h4-7,9,11-12,19,21H,8,10,13H2,1-3H3/b16-9-. The number of allylic oxidation sites excluding steroid dienone is 1. The molecule has 0 bridgehead atoms. The molecule has 0 spiro atoms. The number of nitrogens with zero attached hydrogens (tertiary/aromatic N) is 1. The van der Waals surface area contributed by atoms with Crippen molar-refractivity contribution in [3.8, 4) is 0 Å². The Morgan fingerprint density at radius 2 is 2.13 bits per heavy atom. The number of piperidine rings is 1. The van der Waals surface area contributed by atoms with Gasteiger partial charge in [0.25, 0.3) is 0 Å². The van der Waals surface area contributed by atoms with Crippen LogP contribution in [0.15, 0.2) is 51.3 Å². The molecular formula is C22H24ClNO4S2. The third kappa shape index (κ3) is 5.32. The normalized spacial score (nSPS) is 19.6. The van der Waals surface area contributed by atoms with Crippen LogP contribution in [-0.4, -0.2) is 42.6 Å². The van der Waals surface area contributed by atoms with Gasteiger partial charge in [-0.15, -0.1) is 0 Å². The van der Waals surface area contributed by atoms with Crippen molar-refractivity contribution in [2.45, 2.75) is 36.5 Å². The first-order valence-corrected chi connectivity index (χ1v) is 12.1. The molecule has 0 saturated carbocycles. The van der Waals surface area contributed by atoms with Crippen LogP contribution in [0.2, 0.25) is 5.02 Å². The Labute approximate surface area is 189 Å². The zero-order valence-electron chi connectivity index (χ0n) is 17.1. The topological polar surface area (TPSA) is 59.8 Å². The first-order chi connectivity index (χ1) is 14.4. The van der Waals surface area contributed by atoms with Crippen molar-refractivity contribution < 1.29 is 18.7 Å². The number of furan rings is 1. The highest BCUT2D eigenvalue weighted by molar-refractivity contribution is 8.77. The summed E-state index contributed by atoms with van der Waals surface area (Å²) in [6, 6.07) is 8.70. The Hall–Kier alpha value is -1.67. The molecule has 3 rings (SSSR count). The number of rotatable bonds is 7. The molecular weight excluding hydrogens is 442 g/mol. The summed E-state index contributed by atoms with van der Waals surface area (Å²) in [5, 5.41) is 0.683. The maximum atomic E-state index is 12.6. The van der Waals surface area contributed by atoms with Crippen molar-refractivity contribution in [3.63, 3.8) is 0 Å². The lowest BCUT2D eigenvalue weighted by Crippen LogP contribution is -2.42. The van der Waals surface area contributed by atoms with Crippen molar-refractivity contribution in [2.75, 3.05) is 20.2 Å². The van der Waals surface area contributed by atoms with Gasteiger partial charge >= 0.3 is 5.97 Å². The lowest BCUT2D eigenvalue weighted by atomic mass is 9.98. The van der Waals surface area contributed by atoms with Gasteiger partial charge in [-0.2, -0.15) is 0 Å². The second-order valence-electron chi connectivity index (χ2n) is 7.03. The molecule has 8 heteroatoms. The fourth-order valence-electron chi connectivity index (χ4n) is 3.54. The average Bonchev–Trinajstić information content (AvgIpc) is 3.06. The lowest BCUT2D eigenvalue weighted by Gasteiger charge is -2.37. The van der Waals surface area contributed by atoms with Crippen LogP contribution >= 0.6 is 33.2 Å². The van der Waals surface area contributed by atoms with Gasteiger partial charge < -0.3 is 9.15 Å². The monoisotopic (exact) mass is 465 g/mol. The van der Waals surface area contributed by atoms with Crippen molar-refractivity contribution in [3.05, 3.63) is 64.1 Å². The molecule has 1 aliphatic rings. The Balaban J connectivity index is 1.78. The van der Waals surface area contributed by atoms with E-state index in [4.69, 9.17) is 20.8 Å². The van der Waals surface area contributed by atoms with Gasteiger partial charge in [-0.25, -0.2) is 4.79 Å². The predicted octanol–water partition coefficient (Wildman–Crippen LogP) is 5.40. The molecule has 160 valence electrons. The zero-order chi connectivity index (χ0) is 21.7. The Bertz CT molecular complexity index is 943. The average molecular weight is 466 g/mol. The van der Waals surface area contributed by atoms with Crippen molar-refractivity contribution in [1.82, 2.24) is 4.90 Å². The first kappa shape index (κ1) is 23.0. The van der Waals surface area contributed by atoms with Crippen LogP contribution in [0.5, 0.6) is 0 Å². The minimum absolute atomic E-state index is 0.163. The molecule has 0 amide bonds.